The molecule has 0 radical (unpaired) electrons. The van der Waals surface area contributed by atoms with Gasteiger partial charge in [0.2, 0.25) is 0 Å². The zero-order valence-electron chi connectivity index (χ0n) is 9.49. The van der Waals surface area contributed by atoms with E-state index in [4.69, 9.17) is 0 Å². The van der Waals surface area contributed by atoms with Crippen molar-refractivity contribution in [2.75, 3.05) is 13.1 Å². The third kappa shape index (κ3) is 4.75. The standard InChI is InChI=1S/C13H19NO/c1-11(2)8-9-14-10-13(15)12-6-4-3-5-7-12/h3-7,11,14H,8-10H2,1-2H3. The van der Waals surface area contributed by atoms with Crippen LogP contribution in [-0.4, -0.2) is 18.9 Å². The first-order valence-electron chi connectivity index (χ1n) is 5.49. The number of hydrogen-bond donors (Lipinski definition) is 1. The summed E-state index contributed by atoms with van der Waals surface area (Å²) < 4.78 is 0. The summed E-state index contributed by atoms with van der Waals surface area (Å²) in [7, 11) is 0. The Morgan fingerprint density at radius 3 is 2.53 bits per heavy atom. The van der Waals surface area contributed by atoms with Gasteiger partial charge in [-0.25, -0.2) is 0 Å². The zero-order chi connectivity index (χ0) is 11.1. The van der Waals surface area contributed by atoms with Gasteiger partial charge in [-0.15, -0.1) is 0 Å². The third-order valence-electron chi connectivity index (χ3n) is 2.28. The van der Waals surface area contributed by atoms with Gasteiger partial charge < -0.3 is 5.32 Å². The minimum absolute atomic E-state index is 0.166. The molecule has 82 valence electrons. The topological polar surface area (TPSA) is 29.1 Å². The van der Waals surface area contributed by atoms with E-state index in [1.807, 2.05) is 30.3 Å². The first-order valence-corrected chi connectivity index (χ1v) is 5.49. The summed E-state index contributed by atoms with van der Waals surface area (Å²) in [5.41, 5.74) is 0.787. The minimum Gasteiger partial charge on any atom is -0.310 e. The van der Waals surface area contributed by atoms with Crippen LogP contribution in [0.15, 0.2) is 30.3 Å². The van der Waals surface area contributed by atoms with E-state index >= 15 is 0 Å². The number of hydrogen-bond acceptors (Lipinski definition) is 2. The summed E-state index contributed by atoms with van der Waals surface area (Å²) in [6, 6.07) is 9.41. The van der Waals surface area contributed by atoms with Crippen molar-refractivity contribution in [3.05, 3.63) is 35.9 Å². The zero-order valence-corrected chi connectivity index (χ0v) is 9.49. The highest BCUT2D eigenvalue weighted by Crippen LogP contribution is 1.99. The maximum Gasteiger partial charge on any atom is 0.176 e. The molecule has 0 amide bonds. The molecule has 0 atom stereocenters. The summed E-state index contributed by atoms with van der Waals surface area (Å²) in [6.07, 6.45) is 1.11. The number of Topliss-reactive ketones (excluding diaryl/α,β-unsaturated/α-hetero) is 1. The summed E-state index contributed by atoms with van der Waals surface area (Å²) in [4.78, 5) is 11.6. The van der Waals surface area contributed by atoms with Gasteiger partial charge >= 0.3 is 0 Å². The van der Waals surface area contributed by atoms with Gasteiger partial charge in [-0.05, 0) is 18.9 Å². The van der Waals surface area contributed by atoms with Gasteiger partial charge in [0.25, 0.3) is 0 Å². The predicted molar refractivity (Wildman–Crippen MR) is 63.1 cm³/mol. The third-order valence-corrected chi connectivity index (χ3v) is 2.28. The molecule has 0 spiro atoms. The van der Waals surface area contributed by atoms with Gasteiger partial charge in [0.15, 0.2) is 5.78 Å². The molecule has 1 aromatic carbocycles. The van der Waals surface area contributed by atoms with Crippen molar-refractivity contribution in [3.63, 3.8) is 0 Å². The second kappa shape index (κ2) is 6.36. The monoisotopic (exact) mass is 205 g/mol. The Hall–Kier alpha value is -1.15. The van der Waals surface area contributed by atoms with Crippen LogP contribution in [0.2, 0.25) is 0 Å². The molecular formula is C13H19NO. The highest BCUT2D eigenvalue weighted by Gasteiger charge is 2.03. The molecule has 1 aromatic rings. The van der Waals surface area contributed by atoms with Crippen molar-refractivity contribution in [2.24, 2.45) is 5.92 Å². The number of benzene rings is 1. The SMILES string of the molecule is CC(C)CCNCC(=O)c1ccccc1. The molecule has 2 heteroatoms. The second-order valence-corrected chi connectivity index (χ2v) is 4.15. The van der Waals surface area contributed by atoms with Crippen LogP contribution in [0.3, 0.4) is 0 Å². The largest absolute Gasteiger partial charge is 0.310 e. The number of nitrogens with one attached hydrogen (secondary N) is 1. The lowest BCUT2D eigenvalue weighted by Gasteiger charge is -2.06. The molecule has 15 heavy (non-hydrogen) atoms. The van der Waals surface area contributed by atoms with Crippen LogP contribution in [0.1, 0.15) is 30.6 Å². The number of ketones is 1. The Morgan fingerprint density at radius 1 is 1.27 bits per heavy atom. The van der Waals surface area contributed by atoms with E-state index in [1.54, 1.807) is 0 Å². The van der Waals surface area contributed by atoms with Crippen LogP contribution in [0.4, 0.5) is 0 Å². The Morgan fingerprint density at radius 2 is 1.93 bits per heavy atom. The van der Waals surface area contributed by atoms with Crippen molar-refractivity contribution >= 4 is 5.78 Å². The van der Waals surface area contributed by atoms with E-state index in [9.17, 15) is 4.79 Å². The van der Waals surface area contributed by atoms with Crippen molar-refractivity contribution in [1.29, 1.82) is 0 Å². The molecule has 1 rings (SSSR count). The van der Waals surface area contributed by atoms with Gasteiger partial charge in [-0.3, -0.25) is 4.79 Å². The highest BCUT2D eigenvalue weighted by atomic mass is 16.1. The number of rotatable bonds is 6. The molecule has 0 unspecified atom stereocenters. The molecule has 0 aliphatic rings. The molecule has 0 aromatic heterocycles. The fourth-order valence-electron chi connectivity index (χ4n) is 1.32. The lowest BCUT2D eigenvalue weighted by atomic mass is 10.1. The lowest BCUT2D eigenvalue weighted by molar-refractivity contribution is 0.0991. The van der Waals surface area contributed by atoms with E-state index in [0.29, 0.717) is 12.5 Å². The Balaban J connectivity index is 2.25. The highest BCUT2D eigenvalue weighted by molar-refractivity contribution is 5.97. The Labute approximate surface area is 91.7 Å². The van der Waals surface area contributed by atoms with Crippen LogP contribution in [0.5, 0.6) is 0 Å². The van der Waals surface area contributed by atoms with Gasteiger partial charge in [0.1, 0.15) is 0 Å². The van der Waals surface area contributed by atoms with Gasteiger partial charge in [-0.1, -0.05) is 44.2 Å². The summed E-state index contributed by atoms with van der Waals surface area (Å²) in [6.45, 7) is 5.72. The van der Waals surface area contributed by atoms with E-state index in [-0.39, 0.29) is 5.78 Å². The minimum atomic E-state index is 0.166. The van der Waals surface area contributed by atoms with Crippen LogP contribution < -0.4 is 5.32 Å². The van der Waals surface area contributed by atoms with Gasteiger partial charge in [0.05, 0.1) is 6.54 Å². The van der Waals surface area contributed by atoms with Crippen molar-refractivity contribution in [3.8, 4) is 0 Å². The molecule has 0 fully saturated rings. The van der Waals surface area contributed by atoms with E-state index < -0.39 is 0 Å². The molecule has 0 heterocycles. The molecule has 1 N–H and O–H groups in total. The molecule has 2 nitrogen and oxygen atoms in total. The van der Waals surface area contributed by atoms with Gasteiger partial charge in [-0.2, -0.15) is 0 Å². The smallest absolute Gasteiger partial charge is 0.176 e. The van der Waals surface area contributed by atoms with Crippen LogP contribution >= 0.6 is 0 Å². The normalized spacial score (nSPS) is 10.6. The summed E-state index contributed by atoms with van der Waals surface area (Å²) in [5.74, 6) is 0.851. The van der Waals surface area contributed by atoms with Crippen molar-refractivity contribution < 1.29 is 4.79 Å². The average Bonchev–Trinajstić information content (AvgIpc) is 2.25. The first kappa shape index (κ1) is 11.9. The fraction of sp³-hybridized carbons (Fsp3) is 0.462. The van der Waals surface area contributed by atoms with Gasteiger partial charge in [0, 0.05) is 5.56 Å². The maximum absolute atomic E-state index is 11.6. The molecule has 0 aliphatic carbocycles. The van der Waals surface area contributed by atoms with Crippen molar-refractivity contribution in [2.45, 2.75) is 20.3 Å². The van der Waals surface area contributed by atoms with Crippen molar-refractivity contribution in [1.82, 2.24) is 5.32 Å². The molecule has 0 bridgehead atoms. The summed E-state index contributed by atoms with van der Waals surface area (Å²) >= 11 is 0. The maximum atomic E-state index is 11.6. The van der Waals surface area contributed by atoms with E-state index in [2.05, 4.69) is 19.2 Å². The predicted octanol–water partition coefficient (Wildman–Crippen LogP) is 2.51. The lowest BCUT2D eigenvalue weighted by Crippen LogP contribution is -2.24. The number of carbonyl (C=O) groups excluding carboxylic acids is 1. The fourth-order valence-corrected chi connectivity index (χ4v) is 1.32. The van der Waals surface area contributed by atoms with E-state index in [0.717, 1.165) is 18.5 Å². The average molecular weight is 205 g/mol. The molecule has 0 saturated carbocycles. The molecule has 0 saturated heterocycles. The molecule has 0 aliphatic heterocycles. The Kier molecular flexibility index (Phi) is 5.05. The van der Waals surface area contributed by atoms with Crippen LogP contribution in [0.25, 0.3) is 0 Å². The van der Waals surface area contributed by atoms with E-state index in [1.165, 1.54) is 0 Å². The first-order chi connectivity index (χ1) is 7.20. The van der Waals surface area contributed by atoms with Crippen LogP contribution in [-0.2, 0) is 0 Å². The molecular weight excluding hydrogens is 186 g/mol. The second-order valence-electron chi connectivity index (χ2n) is 4.15. The number of carbonyl (C=O) groups is 1. The quantitative estimate of drug-likeness (QED) is 0.571. The summed E-state index contributed by atoms with van der Waals surface area (Å²) in [5, 5.41) is 3.17. The van der Waals surface area contributed by atoms with Crippen LogP contribution in [0, 0.1) is 5.92 Å². The Bertz CT molecular complexity index is 293.